The molecule has 9 nitrogen and oxygen atoms in total. The van der Waals surface area contributed by atoms with E-state index in [1.165, 1.54) is 56.5 Å². The summed E-state index contributed by atoms with van der Waals surface area (Å²) in [6.07, 6.45) is 0.104. The van der Waals surface area contributed by atoms with E-state index in [4.69, 9.17) is 32.7 Å². The van der Waals surface area contributed by atoms with Gasteiger partial charge >= 0.3 is 0 Å². The number of halogens is 3. The van der Waals surface area contributed by atoms with Gasteiger partial charge in [0.1, 0.15) is 18.4 Å². The number of rotatable bonds is 13. The summed E-state index contributed by atoms with van der Waals surface area (Å²) in [6.45, 7) is -0.970. The van der Waals surface area contributed by atoms with Crippen molar-refractivity contribution >= 4 is 50.7 Å². The van der Waals surface area contributed by atoms with E-state index in [9.17, 15) is 22.4 Å². The molecule has 4 aromatic carbocycles. The van der Waals surface area contributed by atoms with Gasteiger partial charge in [0.2, 0.25) is 11.8 Å². The fourth-order valence-corrected chi connectivity index (χ4v) is 6.76. The van der Waals surface area contributed by atoms with Crippen LogP contribution in [0.3, 0.4) is 0 Å². The third kappa shape index (κ3) is 7.90. The zero-order valence-electron chi connectivity index (χ0n) is 25.2. The third-order valence-electron chi connectivity index (χ3n) is 7.24. The predicted octanol–water partition coefficient (Wildman–Crippen LogP) is 5.73. The molecule has 0 bridgehead atoms. The first kappa shape index (κ1) is 34.6. The highest BCUT2D eigenvalue weighted by atomic mass is 35.5. The van der Waals surface area contributed by atoms with Gasteiger partial charge < -0.3 is 19.7 Å². The molecule has 0 aromatic heterocycles. The number of carbonyl (C=O) groups is 2. The number of anilines is 1. The molecule has 0 fully saturated rings. The van der Waals surface area contributed by atoms with E-state index in [0.717, 1.165) is 22.0 Å². The standard InChI is InChI=1S/C33H32Cl2FN3O6S/c1-37-33(41)29(18-22-8-5-4-6-9-22)38(20-26-27(34)10-7-11-28(26)35)32(40)21-39(24-14-12-23(36)13-15-24)46(42,43)25-16-17-30(44-2)31(19-25)45-3/h4-17,19,29H,18,20-21H2,1-3H3,(H,37,41). The Kier molecular flexibility index (Phi) is 11.5. The number of sulfonamides is 1. The van der Waals surface area contributed by atoms with Crippen LogP contribution >= 0.6 is 23.2 Å². The summed E-state index contributed by atoms with van der Waals surface area (Å²) in [4.78, 5) is 28.8. The van der Waals surface area contributed by atoms with Gasteiger partial charge in [0.15, 0.2) is 11.5 Å². The Hall–Kier alpha value is -4.32. The molecule has 1 unspecified atom stereocenters. The number of nitrogens with zero attached hydrogens (tertiary/aromatic N) is 2. The average Bonchev–Trinajstić information content (AvgIpc) is 3.06. The van der Waals surface area contributed by atoms with Crippen molar-refractivity contribution in [3.8, 4) is 11.5 Å². The van der Waals surface area contributed by atoms with Gasteiger partial charge in [-0.1, -0.05) is 59.6 Å². The zero-order valence-corrected chi connectivity index (χ0v) is 27.6. The molecular weight excluding hydrogens is 656 g/mol. The number of hydrogen-bond acceptors (Lipinski definition) is 6. The minimum absolute atomic E-state index is 0.0137. The largest absolute Gasteiger partial charge is 0.493 e. The number of likely N-dealkylation sites (N-methyl/N-ethyl adjacent to an activating group) is 1. The van der Waals surface area contributed by atoms with E-state index in [1.807, 2.05) is 18.2 Å². The molecule has 46 heavy (non-hydrogen) atoms. The third-order valence-corrected chi connectivity index (χ3v) is 9.72. The van der Waals surface area contributed by atoms with Gasteiger partial charge in [-0.25, -0.2) is 12.8 Å². The van der Waals surface area contributed by atoms with Crippen LogP contribution in [-0.2, 0) is 32.6 Å². The Morgan fingerprint density at radius 3 is 2.09 bits per heavy atom. The summed E-state index contributed by atoms with van der Waals surface area (Å²) in [5.74, 6) is -1.39. The summed E-state index contributed by atoms with van der Waals surface area (Å²) in [7, 11) is -0.265. The molecule has 0 saturated carbocycles. The van der Waals surface area contributed by atoms with Crippen molar-refractivity contribution in [2.45, 2.75) is 23.9 Å². The fourth-order valence-electron chi connectivity index (χ4n) is 4.81. The minimum atomic E-state index is -4.48. The van der Waals surface area contributed by atoms with Crippen LogP contribution in [0, 0.1) is 5.82 Å². The van der Waals surface area contributed by atoms with Gasteiger partial charge in [-0.2, -0.15) is 0 Å². The van der Waals surface area contributed by atoms with Gasteiger partial charge in [0.25, 0.3) is 10.0 Å². The first-order chi connectivity index (χ1) is 22.0. The van der Waals surface area contributed by atoms with E-state index in [0.29, 0.717) is 11.3 Å². The summed E-state index contributed by atoms with van der Waals surface area (Å²) in [5, 5.41) is 3.13. The molecule has 1 atom stereocenters. The van der Waals surface area contributed by atoms with Crippen molar-refractivity contribution in [3.63, 3.8) is 0 Å². The highest BCUT2D eigenvalue weighted by Crippen LogP contribution is 2.33. The lowest BCUT2D eigenvalue weighted by Gasteiger charge is -2.34. The van der Waals surface area contributed by atoms with Gasteiger partial charge in [-0.15, -0.1) is 0 Å². The number of benzene rings is 4. The number of nitrogens with one attached hydrogen (secondary N) is 1. The topological polar surface area (TPSA) is 105 Å². The van der Waals surface area contributed by atoms with Crippen LogP contribution in [0.1, 0.15) is 11.1 Å². The van der Waals surface area contributed by atoms with Crippen LogP contribution in [0.4, 0.5) is 10.1 Å². The number of amides is 2. The molecule has 0 aliphatic heterocycles. The smallest absolute Gasteiger partial charge is 0.264 e. The molecule has 13 heteroatoms. The lowest BCUT2D eigenvalue weighted by atomic mass is 10.0. The first-order valence-electron chi connectivity index (χ1n) is 14.0. The van der Waals surface area contributed by atoms with Crippen LogP contribution in [0.5, 0.6) is 11.5 Å². The molecule has 0 spiro atoms. The SMILES string of the molecule is CNC(=O)C(Cc1ccccc1)N(Cc1c(Cl)cccc1Cl)C(=O)CN(c1ccc(F)cc1)S(=O)(=O)c1ccc(OC)c(OC)c1. The average molecular weight is 689 g/mol. The molecule has 4 rings (SSSR count). The van der Waals surface area contributed by atoms with Gasteiger partial charge in [-0.3, -0.25) is 13.9 Å². The molecule has 0 heterocycles. The molecule has 0 saturated heterocycles. The molecule has 4 aromatic rings. The second-order valence-electron chi connectivity index (χ2n) is 10.0. The maximum Gasteiger partial charge on any atom is 0.264 e. The van der Waals surface area contributed by atoms with Crippen LogP contribution in [0.15, 0.2) is 95.9 Å². The molecule has 0 aliphatic rings. The van der Waals surface area contributed by atoms with Gasteiger partial charge in [0.05, 0.1) is 24.8 Å². The predicted molar refractivity (Wildman–Crippen MR) is 175 cm³/mol. The van der Waals surface area contributed by atoms with E-state index >= 15 is 0 Å². The summed E-state index contributed by atoms with van der Waals surface area (Å²) < 4.78 is 53.8. The lowest BCUT2D eigenvalue weighted by Crippen LogP contribution is -2.53. The normalized spacial score (nSPS) is 11.8. The maximum atomic E-state index is 14.4. The number of carbonyl (C=O) groups excluding carboxylic acids is 2. The van der Waals surface area contributed by atoms with Crippen molar-refractivity contribution in [2.24, 2.45) is 0 Å². The highest BCUT2D eigenvalue weighted by molar-refractivity contribution is 7.92. The van der Waals surface area contributed by atoms with Crippen molar-refractivity contribution in [1.82, 2.24) is 10.2 Å². The van der Waals surface area contributed by atoms with Crippen molar-refractivity contribution in [1.29, 1.82) is 0 Å². The summed E-state index contributed by atoms with van der Waals surface area (Å²) in [6, 6.07) is 21.5. The monoisotopic (exact) mass is 687 g/mol. The fraction of sp³-hybridized carbons (Fsp3) is 0.212. The lowest BCUT2D eigenvalue weighted by molar-refractivity contribution is -0.139. The van der Waals surface area contributed by atoms with Crippen molar-refractivity contribution in [2.75, 3.05) is 32.1 Å². The molecule has 0 aliphatic carbocycles. The zero-order chi connectivity index (χ0) is 33.4. The summed E-state index contributed by atoms with van der Waals surface area (Å²) >= 11 is 13.0. The maximum absolute atomic E-state index is 14.4. The van der Waals surface area contributed by atoms with Crippen LogP contribution < -0.4 is 19.1 Å². The van der Waals surface area contributed by atoms with Crippen LogP contribution in [0.25, 0.3) is 0 Å². The molecule has 1 N–H and O–H groups in total. The van der Waals surface area contributed by atoms with E-state index in [1.54, 1.807) is 30.3 Å². The van der Waals surface area contributed by atoms with Gasteiger partial charge in [-0.05, 0) is 54.1 Å². The van der Waals surface area contributed by atoms with Gasteiger partial charge in [0, 0.05) is 41.7 Å². The highest BCUT2D eigenvalue weighted by Gasteiger charge is 2.35. The Labute approximate surface area is 277 Å². The molecule has 2 amide bonds. The van der Waals surface area contributed by atoms with Crippen LogP contribution in [-0.4, -0.2) is 59.0 Å². The molecule has 242 valence electrons. The Bertz CT molecular complexity index is 1770. The second-order valence-corrected chi connectivity index (χ2v) is 12.7. The molecular formula is C33H32Cl2FN3O6S. The second kappa shape index (κ2) is 15.3. The van der Waals surface area contributed by atoms with E-state index < -0.39 is 40.2 Å². The van der Waals surface area contributed by atoms with Crippen molar-refractivity contribution in [3.05, 3.63) is 118 Å². The molecule has 0 radical (unpaired) electrons. The Morgan fingerprint density at radius 2 is 1.50 bits per heavy atom. The Balaban J connectivity index is 1.84. The Morgan fingerprint density at radius 1 is 0.870 bits per heavy atom. The number of hydrogen-bond donors (Lipinski definition) is 1. The first-order valence-corrected chi connectivity index (χ1v) is 16.2. The quantitative estimate of drug-likeness (QED) is 0.193. The summed E-state index contributed by atoms with van der Waals surface area (Å²) in [5.41, 5.74) is 1.14. The minimum Gasteiger partial charge on any atom is -0.493 e. The van der Waals surface area contributed by atoms with Crippen LogP contribution in [0.2, 0.25) is 10.0 Å². The number of methoxy groups -OCH3 is 2. The van der Waals surface area contributed by atoms with Crippen molar-refractivity contribution < 1.29 is 31.9 Å². The van der Waals surface area contributed by atoms with E-state index in [-0.39, 0.29) is 39.3 Å². The number of ether oxygens (including phenoxy) is 2. The van der Waals surface area contributed by atoms with E-state index in [2.05, 4.69) is 5.32 Å².